The smallest absolute Gasteiger partial charge is 0.312 e. The maximum Gasteiger partial charge on any atom is 0.312 e. The lowest BCUT2D eigenvalue weighted by molar-refractivity contribution is -0.163. The molecular formula is C14H17NO3. The summed E-state index contributed by atoms with van der Waals surface area (Å²) in [4.78, 5) is 24.5. The largest absolute Gasteiger partial charge is 0.481 e. The van der Waals surface area contributed by atoms with Crippen molar-refractivity contribution in [2.75, 3.05) is 13.1 Å². The van der Waals surface area contributed by atoms with E-state index < -0.39 is 11.4 Å². The predicted molar refractivity (Wildman–Crippen MR) is 67.2 cm³/mol. The summed E-state index contributed by atoms with van der Waals surface area (Å²) in [6, 6.07) is 7.75. The van der Waals surface area contributed by atoms with Gasteiger partial charge in [-0.1, -0.05) is 24.3 Å². The Bertz CT molecular complexity index is 490. The lowest BCUT2D eigenvalue weighted by Gasteiger charge is -2.45. The molecule has 1 saturated heterocycles. The summed E-state index contributed by atoms with van der Waals surface area (Å²) < 4.78 is 0. The average molecular weight is 247 g/mol. The number of aliphatic carboxylic acids is 1. The number of rotatable bonds is 3. The zero-order valence-electron chi connectivity index (χ0n) is 10.6. The standard InChI is InChI=1S/C14H17NO3/c1-10-5-3-4-6-11(10)7-12(16)15-8-14(2,9-15)13(17)18/h3-6H,7-9H2,1-2H3,(H,17,18). The first-order valence-electron chi connectivity index (χ1n) is 5.98. The lowest BCUT2D eigenvalue weighted by Crippen LogP contribution is -2.60. The third-order valence-corrected chi connectivity index (χ3v) is 3.55. The molecule has 0 atom stereocenters. The molecule has 1 aliphatic rings. The van der Waals surface area contributed by atoms with Crippen LogP contribution in [0.15, 0.2) is 24.3 Å². The number of amides is 1. The molecule has 0 unspecified atom stereocenters. The SMILES string of the molecule is Cc1ccccc1CC(=O)N1CC(C)(C(=O)O)C1. The van der Waals surface area contributed by atoms with E-state index in [0.29, 0.717) is 19.5 Å². The van der Waals surface area contributed by atoms with Crippen molar-refractivity contribution in [2.24, 2.45) is 5.41 Å². The maximum atomic E-state index is 12.0. The highest BCUT2D eigenvalue weighted by Crippen LogP contribution is 2.30. The van der Waals surface area contributed by atoms with Crippen LogP contribution in [0.4, 0.5) is 0 Å². The minimum atomic E-state index is -0.831. The van der Waals surface area contributed by atoms with Crippen LogP contribution in [0.3, 0.4) is 0 Å². The van der Waals surface area contributed by atoms with Crippen LogP contribution in [0, 0.1) is 12.3 Å². The second kappa shape index (κ2) is 4.44. The van der Waals surface area contributed by atoms with Crippen LogP contribution >= 0.6 is 0 Å². The van der Waals surface area contributed by atoms with E-state index in [1.54, 1.807) is 11.8 Å². The molecule has 1 heterocycles. The molecule has 1 amide bonds. The summed E-state index contributed by atoms with van der Waals surface area (Å²) in [5.74, 6) is -0.828. The topological polar surface area (TPSA) is 57.6 Å². The Hall–Kier alpha value is -1.84. The van der Waals surface area contributed by atoms with Gasteiger partial charge in [0.05, 0.1) is 11.8 Å². The van der Waals surface area contributed by atoms with Crippen molar-refractivity contribution < 1.29 is 14.7 Å². The van der Waals surface area contributed by atoms with E-state index in [-0.39, 0.29) is 5.91 Å². The normalized spacial score (nSPS) is 17.1. The highest BCUT2D eigenvalue weighted by Gasteiger charge is 2.47. The van der Waals surface area contributed by atoms with E-state index in [0.717, 1.165) is 11.1 Å². The number of carboxylic acids is 1. The van der Waals surface area contributed by atoms with E-state index in [1.165, 1.54) is 0 Å². The number of likely N-dealkylation sites (tertiary alicyclic amines) is 1. The third-order valence-electron chi connectivity index (χ3n) is 3.55. The van der Waals surface area contributed by atoms with Crippen molar-refractivity contribution >= 4 is 11.9 Å². The van der Waals surface area contributed by atoms with Gasteiger partial charge in [0.15, 0.2) is 0 Å². The van der Waals surface area contributed by atoms with Crippen molar-refractivity contribution in [1.29, 1.82) is 0 Å². The van der Waals surface area contributed by atoms with Gasteiger partial charge in [-0.2, -0.15) is 0 Å². The highest BCUT2D eigenvalue weighted by atomic mass is 16.4. The Morgan fingerprint density at radius 2 is 1.94 bits per heavy atom. The molecule has 18 heavy (non-hydrogen) atoms. The first-order chi connectivity index (χ1) is 8.42. The van der Waals surface area contributed by atoms with Crippen molar-refractivity contribution in [2.45, 2.75) is 20.3 Å². The quantitative estimate of drug-likeness (QED) is 0.880. The Morgan fingerprint density at radius 3 is 2.50 bits per heavy atom. The van der Waals surface area contributed by atoms with Gasteiger partial charge in [-0.15, -0.1) is 0 Å². The summed E-state index contributed by atoms with van der Waals surface area (Å²) in [5, 5.41) is 8.99. The number of benzene rings is 1. The van der Waals surface area contributed by atoms with Gasteiger partial charge >= 0.3 is 5.97 Å². The summed E-state index contributed by atoms with van der Waals surface area (Å²) >= 11 is 0. The molecular weight excluding hydrogens is 230 g/mol. The molecule has 0 spiro atoms. The average Bonchev–Trinajstić information content (AvgIpc) is 2.27. The molecule has 1 aromatic carbocycles. The van der Waals surface area contributed by atoms with Gasteiger partial charge in [-0.3, -0.25) is 9.59 Å². The molecule has 4 nitrogen and oxygen atoms in total. The first-order valence-corrected chi connectivity index (χ1v) is 5.98. The van der Waals surface area contributed by atoms with E-state index >= 15 is 0 Å². The molecule has 0 radical (unpaired) electrons. The summed E-state index contributed by atoms with van der Waals surface area (Å²) in [6.07, 6.45) is 0.350. The van der Waals surface area contributed by atoms with E-state index in [1.807, 2.05) is 31.2 Å². The Balaban J connectivity index is 1.96. The van der Waals surface area contributed by atoms with Gasteiger partial charge in [-0.25, -0.2) is 0 Å². The summed E-state index contributed by atoms with van der Waals surface area (Å²) in [5.41, 5.74) is 1.33. The van der Waals surface area contributed by atoms with Crippen molar-refractivity contribution in [3.8, 4) is 0 Å². The minimum absolute atomic E-state index is 0.00280. The summed E-state index contributed by atoms with van der Waals surface area (Å²) in [7, 11) is 0. The number of nitrogens with zero attached hydrogens (tertiary/aromatic N) is 1. The van der Waals surface area contributed by atoms with Gasteiger partial charge < -0.3 is 10.0 Å². The number of carbonyl (C=O) groups excluding carboxylic acids is 1. The molecule has 1 aliphatic heterocycles. The van der Waals surface area contributed by atoms with E-state index in [4.69, 9.17) is 5.11 Å². The van der Waals surface area contributed by atoms with Crippen molar-refractivity contribution in [1.82, 2.24) is 4.90 Å². The molecule has 1 N–H and O–H groups in total. The first kappa shape index (κ1) is 12.6. The van der Waals surface area contributed by atoms with Crippen LogP contribution in [-0.2, 0) is 16.0 Å². The van der Waals surface area contributed by atoms with Crippen LogP contribution in [0.25, 0.3) is 0 Å². The number of carbonyl (C=O) groups is 2. The molecule has 2 rings (SSSR count). The van der Waals surface area contributed by atoms with E-state index in [9.17, 15) is 9.59 Å². The highest BCUT2D eigenvalue weighted by molar-refractivity contribution is 5.84. The lowest BCUT2D eigenvalue weighted by atomic mass is 9.82. The Labute approximate surface area is 106 Å². The number of hydrogen-bond acceptors (Lipinski definition) is 2. The van der Waals surface area contributed by atoms with E-state index in [2.05, 4.69) is 0 Å². The number of aryl methyl sites for hydroxylation is 1. The molecule has 0 bridgehead atoms. The minimum Gasteiger partial charge on any atom is -0.481 e. The van der Waals surface area contributed by atoms with Crippen molar-refractivity contribution in [3.05, 3.63) is 35.4 Å². The third kappa shape index (κ3) is 2.23. The van der Waals surface area contributed by atoms with Crippen LogP contribution in [0.5, 0.6) is 0 Å². The monoisotopic (exact) mass is 247 g/mol. The van der Waals surface area contributed by atoms with Gasteiger partial charge in [0.2, 0.25) is 5.91 Å². The second-order valence-electron chi connectivity index (χ2n) is 5.22. The van der Waals surface area contributed by atoms with Gasteiger partial charge in [-0.05, 0) is 25.0 Å². The van der Waals surface area contributed by atoms with Gasteiger partial charge in [0.1, 0.15) is 0 Å². The molecule has 1 aromatic rings. The molecule has 0 saturated carbocycles. The zero-order chi connectivity index (χ0) is 13.3. The fraction of sp³-hybridized carbons (Fsp3) is 0.429. The Morgan fingerprint density at radius 1 is 1.33 bits per heavy atom. The molecule has 0 aliphatic carbocycles. The van der Waals surface area contributed by atoms with Crippen LogP contribution in [-0.4, -0.2) is 35.0 Å². The van der Waals surface area contributed by atoms with Crippen LogP contribution in [0.1, 0.15) is 18.1 Å². The molecule has 4 heteroatoms. The maximum absolute atomic E-state index is 12.0. The Kier molecular flexibility index (Phi) is 3.11. The van der Waals surface area contributed by atoms with Crippen LogP contribution in [0.2, 0.25) is 0 Å². The van der Waals surface area contributed by atoms with Gasteiger partial charge in [0, 0.05) is 13.1 Å². The van der Waals surface area contributed by atoms with Gasteiger partial charge in [0.25, 0.3) is 0 Å². The molecule has 0 aromatic heterocycles. The van der Waals surface area contributed by atoms with Crippen molar-refractivity contribution in [3.63, 3.8) is 0 Å². The summed E-state index contributed by atoms with van der Waals surface area (Å²) in [6.45, 7) is 4.27. The number of hydrogen-bond donors (Lipinski definition) is 1. The fourth-order valence-corrected chi connectivity index (χ4v) is 2.19. The molecule has 1 fully saturated rings. The fourth-order valence-electron chi connectivity index (χ4n) is 2.19. The molecule has 96 valence electrons. The second-order valence-corrected chi connectivity index (χ2v) is 5.22. The number of carboxylic acid groups (broad SMARTS) is 1. The predicted octanol–water partition coefficient (Wildman–Crippen LogP) is 1.47. The van der Waals surface area contributed by atoms with Crippen LogP contribution < -0.4 is 0 Å². The zero-order valence-corrected chi connectivity index (χ0v) is 10.6.